The van der Waals surface area contributed by atoms with Crippen LogP contribution in [-0.2, 0) is 9.53 Å². The molecule has 3 nitrogen and oxygen atoms in total. The topological polar surface area (TPSA) is 38.7 Å². The Morgan fingerprint density at radius 2 is 2.07 bits per heavy atom. The monoisotopic (exact) mass is 211 g/mol. The molecule has 0 aliphatic rings. The van der Waals surface area contributed by atoms with Gasteiger partial charge >= 0.3 is 5.97 Å². The van der Waals surface area contributed by atoms with Crippen molar-refractivity contribution in [1.29, 1.82) is 0 Å². The first-order valence-electron chi connectivity index (χ1n) is 4.49. The lowest BCUT2D eigenvalue weighted by Gasteiger charge is -2.02. The fourth-order valence-corrected chi connectivity index (χ4v) is 1.13. The normalized spacial score (nSPS) is 13.2. The quantitative estimate of drug-likeness (QED) is 0.300. The van der Waals surface area contributed by atoms with E-state index in [1.54, 1.807) is 6.92 Å². The maximum absolute atomic E-state index is 10.9. The highest BCUT2D eigenvalue weighted by molar-refractivity contribution is 6.84. The fraction of sp³-hybridized carbons (Fsp3) is 0.600. The zero-order valence-electron chi connectivity index (χ0n) is 9.42. The molecule has 0 saturated carbocycles. The third kappa shape index (κ3) is 6.43. The average Bonchev–Trinajstić information content (AvgIpc) is 2.09. The van der Waals surface area contributed by atoms with Crippen LogP contribution in [0.5, 0.6) is 0 Å². The molecule has 14 heavy (non-hydrogen) atoms. The fourth-order valence-electron chi connectivity index (χ4n) is 0.629. The van der Waals surface area contributed by atoms with Gasteiger partial charge in [-0.2, -0.15) is 0 Å². The number of carbonyl (C=O) groups is 1. The Bertz CT molecular complexity index is 281. The SMILES string of the molecule is COC(=O)C(C)N=CC#C[Si](C)(C)C. The lowest BCUT2D eigenvalue weighted by Crippen LogP contribution is -2.17. The summed E-state index contributed by atoms with van der Waals surface area (Å²) < 4.78 is 4.52. The van der Waals surface area contributed by atoms with Crippen LogP contribution >= 0.6 is 0 Å². The predicted molar refractivity (Wildman–Crippen MR) is 61.1 cm³/mol. The van der Waals surface area contributed by atoms with E-state index in [2.05, 4.69) is 40.8 Å². The van der Waals surface area contributed by atoms with Gasteiger partial charge in [-0.3, -0.25) is 4.99 Å². The van der Waals surface area contributed by atoms with Crippen molar-refractivity contribution in [1.82, 2.24) is 0 Å². The van der Waals surface area contributed by atoms with Crippen molar-refractivity contribution in [2.75, 3.05) is 7.11 Å². The highest BCUT2D eigenvalue weighted by atomic mass is 28.3. The molecule has 0 aromatic heterocycles. The van der Waals surface area contributed by atoms with Crippen molar-refractivity contribution in [2.24, 2.45) is 4.99 Å². The summed E-state index contributed by atoms with van der Waals surface area (Å²) in [6.45, 7) is 8.13. The summed E-state index contributed by atoms with van der Waals surface area (Å²) in [6.07, 6.45) is 1.49. The molecule has 0 aliphatic heterocycles. The molecule has 0 saturated heterocycles. The second-order valence-corrected chi connectivity index (χ2v) is 8.75. The second kappa shape index (κ2) is 5.61. The van der Waals surface area contributed by atoms with Crippen LogP contribution in [-0.4, -0.2) is 33.4 Å². The van der Waals surface area contributed by atoms with E-state index in [1.807, 2.05) is 0 Å². The Morgan fingerprint density at radius 3 is 2.50 bits per heavy atom. The van der Waals surface area contributed by atoms with Crippen molar-refractivity contribution in [3.05, 3.63) is 0 Å². The van der Waals surface area contributed by atoms with E-state index in [-0.39, 0.29) is 5.97 Å². The van der Waals surface area contributed by atoms with E-state index in [9.17, 15) is 4.79 Å². The van der Waals surface area contributed by atoms with Crippen molar-refractivity contribution in [3.8, 4) is 11.5 Å². The summed E-state index contributed by atoms with van der Waals surface area (Å²) in [5, 5.41) is 0. The first kappa shape index (κ1) is 12.9. The van der Waals surface area contributed by atoms with Crippen LogP contribution in [0, 0.1) is 11.5 Å². The van der Waals surface area contributed by atoms with Gasteiger partial charge in [0, 0.05) is 0 Å². The highest BCUT2D eigenvalue weighted by Gasteiger charge is 2.09. The first-order valence-corrected chi connectivity index (χ1v) is 7.99. The van der Waals surface area contributed by atoms with Gasteiger partial charge in [0.05, 0.1) is 13.3 Å². The van der Waals surface area contributed by atoms with Gasteiger partial charge in [0.1, 0.15) is 14.1 Å². The number of aliphatic imine (C=N–C) groups is 1. The third-order valence-corrected chi connectivity index (χ3v) is 2.25. The summed E-state index contributed by atoms with van der Waals surface area (Å²) in [4.78, 5) is 14.9. The maximum atomic E-state index is 10.9. The summed E-state index contributed by atoms with van der Waals surface area (Å²) in [7, 11) is 0.0160. The number of nitrogens with zero attached hydrogens (tertiary/aromatic N) is 1. The number of ether oxygens (including phenoxy) is 1. The molecule has 4 heteroatoms. The van der Waals surface area contributed by atoms with Gasteiger partial charge in [-0.1, -0.05) is 25.6 Å². The molecule has 0 aromatic rings. The van der Waals surface area contributed by atoms with Crippen LogP contribution in [0.1, 0.15) is 6.92 Å². The molecule has 0 amide bonds. The standard InChI is InChI=1S/C10H17NO2Si/c1-9(10(12)13-2)11-7-6-8-14(3,4)5/h7,9H,1-5H3. The largest absolute Gasteiger partial charge is 0.467 e. The Balaban J connectivity index is 4.18. The minimum atomic E-state index is -1.33. The molecular weight excluding hydrogens is 194 g/mol. The molecule has 0 fully saturated rings. The van der Waals surface area contributed by atoms with Gasteiger partial charge in [0.15, 0.2) is 0 Å². The molecule has 0 rings (SSSR count). The van der Waals surface area contributed by atoms with Crippen molar-refractivity contribution < 1.29 is 9.53 Å². The van der Waals surface area contributed by atoms with Gasteiger partial charge in [-0.25, -0.2) is 4.79 Å². The molecule has 78 valence electrons. The van der Waals surface area contributed by atoms with E-state index in [1.165, 1.54) is 13.3 Å². The molecular formula is C10H17NO2Si. The Morgan fingerprint density at radius 1 is 1.50 bits per heavy atom. The van der Waals surface area contributed by atoms with E-state index >= 15 is 0 Å². The maximum Gasteiger partial charge on any atom is 0.330 e. The average molecular weight is 211 g/mol. The number of esters is 1. The lowest BCUT2D eigenvalue weighted by atomic mass is 10.4. The van der Waals surface area contributed by atoms with Crippen LogP contribution in [0.4, 0.5) is 0 Å². The van der Waals surface area contributed by atoms with Crippen molar-refractivity contribution in [3.63, 3.8) is 0 Å². The molecule has 0 heterocycles. The number of carbonyl (C=O) groups excluding carboxylic acids is 1. The van der Waals surface area contributed by atoms with Gasteiger partial charge in [0.25, 0.3) is 0 Å². The van der Waals surface area contributed by atoms with Crippen LogP contribution in [0.2, 0.25) is 19.6 Å². The van der Waals surface area contributed by atoms with Crippen LogP contribution in [0.3, 0.4) is 0 Å². The van der Waals surface area contributed by atoms with E-state index in [0.717, 1.165) is 0 Å². The Labute approximate surface area is 86.6 Å². The molecule has 0 aromatic carbocycles. The minimum absolute atomic E-state index is 0.337. The molecule has 0 spiro atoms. The number of hydrogen-bond acceptors (Lipinski definition) is 3. The molecule has 0 N–H and O–H groups in total. The Kier molecular flexibility index (Phi) is 5.17. The summed E-state index contributed by atoms with van der Waals surface area (Å²) in [5.74, 6) is 2.51. The number of methoxy groups -OCH3 is 1. The predicted octanol–water partition coefficient (Wildman–Crippen LogP) is 1.50. The van der Waals surface area contributed by atoms with Crippen molar-refractivity contribution >= 4 is 20.3 Å². The van der Waals surface area contributed by atoms with E-state index in [4.69, 9.17) is 0 Å². The summed E-state index contributed by atoms with van der Waals surface area (Å²) in [6, 6.07) is -0.462. The summed E-state index contributed by atoms with van der Waals surface area (Å²) >= 11 is 0. The first-order chi connectivity index (χ1) is 6.37. The zero-order chi connectivity index (χ0) is 11.2. The van der Waals surface area contributed by atoms with Crippen LogP contribution in [0.25, 0.3) is 0 Å². The van der Waals surface area contributed by atoms with E-state index in [0.29, 0.717) is 0 Å². The summed E-state index contributed by atoms with van der Waals surface area (Å²) in [5.41, 5.74) is 3.12. The molecule has 1 atom stereocenters. The minimum Gasteiger partial charge on any atom is -0.467 e. The third-order valence-electron chi connectivity index (χ3n) is 1.35. The van der Waals surface area contributed by atoms with Gasteiger partial charge in [-0.05, 0) is 6.92 Å². The molecule has 0 bridgehead atoms. The Hall–Kier alpha value is -1.08. The molecule has 0 aliphatic carbocycles. The smallest absolute Gasteiger partial charge is 0.330 e. The zero-order valence-corrected chi connectivity index (χ0v) is 10.4. The van der Waals surface area contributed by atoms with Gasteiger partial charge in [-0.15, -0.1) is 5.54 Å². The van der Waals surface area contributed by atoms with E-state index < -0.39 is 14.1 Å². The molecule has 1 unspecified atom stereocenters. The lowest BCUT2D eigenvalue weighted by molar-refractivity contribution is -0.141. The number of hydrogen-bond donors (Lipinski definition) is 0. The van der Waals surface area contributed by atoms with Crippen molar-refractivity contribution in [2.45, 2.75) is 32.6 Å². The highest BCUT2D eigenvalue weighted by Crippen LogP contribution is 1.95. The number of rotatable bonds is 2. The van der Waals surface area contributed by atoms with Crippen LogP contribution < -0.4 is 0 Å². The van der Waals surface area contributed by atoms with Gasteiger partial charge < -0.3 is 4.74 Å². The molecule has 0 radical (unpaired) electrons. The second-order valence-electron chi connectivity index (χ2n) is 4.00. The van der Waals surface area contributed by atoms with Gasteiger partial charge in [0.2, 0.25) is 0 Å². The van der Waals surface area contributed by atoms with Crippen LogP contribution in [0.15, 0.2) is 4.99 Å².